The van der Waals surface area contributed by atoms with E-state index in [2.05, 4.69) is 15.2 Å². The third-order valence-corrected chi connectivity index (χ3v) is 5.89. The van der Waals surface area contributed by atoms with Crippen molar-refractivity contribution in [2.45, 2.75) is 63.1 Å². The maximum atomic E-state index is 13.0. The van der Waals surface area contributed by atoms with Gasteiger partial charge in [-0.2, -0.15) is 0 Å². The average Bonchev–Trinajstić information content (AvgIpc) is 3.25. The highest BCUT2D eigenvalue weighted by molar-refractivity contribution is 5.84. The molecule has 2 fully saturated rings. The van der Waals surface area contributed by atoms with Crippen LogP contribution >= 0.6 is 0 Å². The van der Waals surface area contributed by atoms with E-state index in [-0.39, 0.29) is 11.8 Å². The van der Waals surface area contributed by atoms with Gasteiger partial charge in [0, 0.05) is 45.4 Å². The Morgan fingerprint density at radius 2 is 2.00 bits per heavy atom. The molecule has 0 bridgehead atoms. The van der Waals surface area contributed by atoms with Gasteiger partial charge in [0.1, 0.15) is 0 Å². The summed E-state index contributed by atoms with van der Waals surface area (Å²) in [6, 6.07) is 0.878. The number of fused-ring (bicyclic) bond motifs is 1. The zero-order chi connectivity index (χ0) is 16.5. The Morgan fingerprint density at radius 1 is 1.25 bits per heavy atom. The largest absolute Gasteiger partial charge is 0.381 e. The topological polar surface area (TPSA) is 59.4 Å². The number of aromatic nitrogens is 2. The standard InChI is InChI=1S/C18H28N4O2/c1-21-12-19-16-11-22(14-6-8-24-9-7-14)10-15(17(16)21)18(23)20-13-4-2-3-5-13/h12-15H,2-11H2,1H3,(H,20,23). The van der Waals surface area contributed by atoms with E-state index in [1.807, 2.05) is 17.9 Å². The minimum absolute atomic E-state index is 0.107. The minimum Gasteiger partial charge on any atom is -0.381 e. The van der Waals surface area contributed by atoms with Crippen LogP contribution in [0.25, 0.3) is 0 Å². The summed E-state index contributed by atoms with van der Waals surface area (Å²) in [4.78, 5) is 20.0. The van der Waals surface area contributed by atoms with Crippen LogP contribution in [0.15, 0.2) is 6.33 Å². The maximum absolute atomic E-state index is 13.0. The van der Waals surface area contributed by atoms with Gasteiger partial charge in [-0.1, -0.05) is 12.8 Å². The summed E-state index contributed by atoms with van der Waals surface area (Å²) in [5, 5.41) is 3.30. The lowest BCUT2D eigenvalue weighted by molar-refractivity contribution is -0.124. The summed E-state index contributed by atoms with van der Waals surface area (Å²) in [6.07, 6.45) is 8.69. The van der Waals surface area contributed by atoms with Gasteiger partial charge in [0.2, 0.25) is 5.91 Å². The molecule has 24 heavy (non-hydrogen) atoms. The molecule has 0 radical (unpaired) electrons. The molecule has 6 heteroatoms. The first kappa shape index (κ1) is 16.1. The van der Waals surface area contributed by atoms with E-state index in [9.17, 15) is 4.79 Å². The van der Waals surface area contributed by atoms with Crippen molar-refractivity contribution in [1.29, 1.82) is 0 Å². The molecule has 1 N–H and O–H groups in total. The van der Waals surface area contributed by atoms with Crippen molar-refractivity contribution in [3.63, 3.8) is 0 Å². The normalized spacial score (nSPS) is 26.5. The number of nitrogens with zero attached hydrogens (tertiary/aromatic N) is 3. The van der Waals surface area contributed by atoms with Crippen LogP contribution in [0.2, 0.25) is 0 Å². The van der Waals surface area contributed by atoms with E-state index < -0.39 is 0 Å². The van der Waals surface area contributed by atoms with Gasteiger partial charge in [0.25, 0.3) is 0 Å². The van der Waals surface area contributed by atoms with Crippen LogP contribution in [0, 0.1) is 0 Å². The molecule has 1 atom stereocenters. The van der Waals surface area contributed by atoms with Crippen molar-refractivity contribution in [3.05, 3.63) is 17.7 Å². The number of hydrogen-bond acceptors (Lipinski definition) is 4. The average molecular weight is 332 g/mol. The molecule has 0 spiro atoms. The summed E-state index contributed by atoms with van der Waals surface area (Å²) in [5.74, 6) is 0.0770. The van der Waals surface area contributed by atoms with Gasteiger partial charge in [-0.25, -0.2) is 4.98 Å². The second-order valence-electron chi connectivity index (χ2n) is 7.50. The molecule has 1 saturated carbocycles. The van der Waals surface area contributed by atoms with Crippen molar-refractivity contribution in [2.24, 2.45) is 7.05 Å². The Hall–Kier alpha value is -1.40. The van der Waals surface area contributed by atoms with E-state index in [0.29, 0.717) is 12.1 Å². The molecular formula is C18H28N4O2. The quantitative estimate of drug-likeness (QED) is 0.912. The molecule has 3 heterocycles. The Morgan fingerprint density at radius 3 is 2.75 bits per heavy atom. The molecule has 1 amide bonds. The lowest BCUT2D eigenvalue weighted by atomic mass is 9.94. The SMILES string of the molecule is Cn1cnc2c1C(C(=O)NC1CCCC1)CN(C1CCOCC1)C2. The maximum Gasteiger partial charge on any atom is 0.230 e. The fraction of sp³-hybridized carbons (Fsp3) is 0.778. The summed E-state index contributed by atoms with van der Waals surface area (Å²) < 4.78 is 7.54. The molecule has 1 aromatic heterocycles. The van der Waals surface area contributed by atoms with Crippen LogP contribution in [0.1, 0.15) is 55.8 Å². The number of aryl methyl sites for hydroxylation is 1. The first-order valence-corrected chi connectivity index (χ1v) is 9.34. The van der Waals surface area contributed by atoms with Crippen molar-refractivity contribution in [2.75, 3.05) is 19.8 Å². The lowest BCUT2D eigenvalue weighted by Gasteiger charge is -2.39. The van der Waals surface area contributed by atoms with Gasteiger partial charge in [-0.05, 0) is 25.7 Å². The van der Waals surface area contributed by atoms with E-state index in [4.69, 9.17) is 4.74 Å². The van der Waals surface area contributed by atoms with Crippen LogP contribution in [0.3, 0.4) is 0 Å². The van der Waals surface area contributed by atoms with E-state index in [0.717, 1.165) is 63.4 Å². The highest BCUT2D eigenvalue weighted by Gasteiger charge is 2.37. The van der Waals surface area contributed by atoms with Crippen LogP contribution in [0.4, 0.5) is 0 Å². The summed E-state index contributed by atoms with van der Waals surface area (Å²) >= 11 is 0. The molecule has 2 aliphatic heterocycles. The zero-order valence-electron chi connectivity index (χ0n) is 14.5. The predicted molar refractivity (Wildman–Crippen MR) is 90.6 cm³/mol. The number of carbonyl (C=O) groups is 1. The fourth-order valence-corrected chi connectivity index (χ4v) is 4.54. The van der Waals surface area contributed by atoms with Crippen molar-refractivity contribution in [1.82, 2.24) is 19.8 Å². The fourth-order valence-electron chi connectivity index (χ4n) is 4.54. The number of imidazole rings is 1. The molecule has 3 aliphatic rings. The zero-order valence-corrected chi connectivity index (χ0v) is 14.5. The third kappa shape index (κ3) is 3.09. The number of ether oxygens (including phenoxy) is 1. The lowest BCUT2D eigenvalue weighted by Crippen LogP contribution is -2.48. The Bertz CT molecular complexity index is 588. The van der Waals surface area contributed by atoms with Crippen molar-refractivity contribution in [3.8, 4) is 0 Å². The number of rotatable bonds is 3. The molecule has 1 saturated heterocycles. The van der Waals surface area contributed by atoms with Gasteiger partial charge in [0.15, 0.2) is 0 Å². The van der Waals surface area contributed by atoms with Crippen LogP contribution in [0.5, 0.6) is 0 Å². The first-order valence-electron chi connectivity index (χ1n) is 9.34. The van der Waals surface area contributed by atoms with Crippen molar-refractivity contribution >= 4 is 5.91 Å². The van der Waals surface area contributed by atoms with Crippen LogP contribution in [-0.2, 0) is 23.1 Å². The molecule has 6 nitrogen and oxygen atoms in total. The summed E-state index contributed by atoms with van der Waals surface area (Å²) in [5.41, 5.74) is 2.18. The number of carbonyl (C=O) groups excluding carboxylic acids is 1. The van der Waals surface area contributed by atoms with E-state index in [1.54, 1.807) is 0 Å². The number of nitrogens with one attached hydrogen (secondary N) is 1. The summed E-state index contributed by atoms with van der Waals surface area (Å²) in [6.45, 7) is 3.31. The molecule has 132 valence electrons. The Labute approximate surface area is 143 Å². The highest BCUT2D eigenvalue weighted by Crippen LogP contribution is 2.31. The van der Waals surface area contributed by atoms with Gasteiger partial charge in [-0.15, -0.1) is 0 Å². The molecule has 4 rings (SSSR count). The Balaban J connectivity index is 1.53. The smallest absolute Gasteiger partial charge is 0.230 e. The van der Waals surface area contributed by atoms with Crippen LogP contribution < -0.4 is 5.32 Å². The molecular weight excluding hydrogens is 304 g/mol. The monoisotopic (exact) mass is 332 g/mol. The second kappa shape index (κ2) is 6.84. The Kier molecular flexibility index (Phi) is 4.59. The van der Waals surface area contributed by atoms with E-state index >= 15 is 0 Å². The molecule has 1 aromatic rings. The molecule has 0 aromatic carbocycles. The molecule has 1 aliphatic carbocycles. The summed E-state index contributed by atoms with van der Waals surface area (Å²) in [7, 11) is 2.01. The first-order chi connectivity index (χ1) is 11.7. The van der Waals surface area contributed by atoms with Gasteiger partial charge >= 0.3 is 0 Å². The predicted octanol–water partition coefficient (Wildman–Crippen LogP) is 1.56. The van der Waals surface area contributed by atoms with E-state index in [1.165, 1.54) is 12.8 Å². The highest BCUT2D eigenvalue weighted by atomic mass is 16.5. The minimum atomic E-state index is -0.107. The number of hydrogen-bond donors (Lipinski definition) is 1. The second-order valence-corrected chi connectivity index (χ2v) is 7.50. The molecule has 1 unspecified atom stereocenters. The van der Waals surface area contributed by atoms with Gasteiger partial charge in [-0.3, -0.25) is 9.69 Å². The van der Waals surface area contributed by atoms with Crippen molar-refractivity contribution < 1.29 is 9.53 Å². The van der Waals surface area contributed by atoms with Crippen LogP contribution in [-0.4, -0.2) is 52.2 Å². The van der Waals surface area contributed by atoms with Gasteiger partial charge in [0.05, 0.1) is 23.6 Å². The van der Waals surface area contributed by atoms with Gasteiger partial charge < -0.3 is 14.6 Å². The number of amides is 1. The third-order valence-electron chi connectivity index (χ3n) is 5.89.